The maximum atomic E-state index is 14.2. The molecule has 0 fully saturated rings. The molecule has 2 N–H and O–H groups in total. The topological polar surface area (TPSA) is 88.5 Å². The number of rotatable bonds is 4. The zero-order valence-corrected chi connectivity index (χ0v) is 14.4. The van der Waals surface area contributed by atoms with Gasteiger partial charge in [-0.15, -0.1) is 0 Å². The van der Waals surface area contributed by atoms with E-state index in [9.17, 15) is 19.1 Å². The van der Waals surface area contributed by atoms with Crippen LogP contribution in [0.5, 0.6) is 5.75 Å². The predicted molar refractivity (Wildman–Crippen MR) is 91.2 cm³/mol. The van der Waals surface area contributed by atoms with E-state index in [1.807, 2.05) is 0 Å². The molecule has 7 heteroatoms. The lowest BCUT2D eigenvalue weighted by Gasteiger charge is -2.22. The number of carboxylic acids is 1. The quantitative estimate of drug-likeness (QED) is 0.883. The number of hydrogen-bond donors (Lipinski definition) is 2. The van der Waals surface area contributed by atoms with E-state index in [1.54, 1.807) is 20.8 Å². The van der Waals surface area contributed by atoms with Crippen LogP contribution < -0.4 is 10.1 Å². The second kappa shape index (κ2) is 6.88. The van der Waals surface area contributed by atoms with E-state index in [2.05, 4.69) is 10.3 Å². The van der Waals surface area contributed by atoms with Gasteiger partial charge in [0.25, 0.3) is 0 Å². The van der Waals surface area contributed by atoms with Crippen LogP contribution in [-0.4, -0.2) is 29.1 Å². The van der Waals surface area contributed by atoms with Gasteiger partial charge in [0.2, 0.25) is 5.91 Å². The van der Waals surface area contributed by atoms with Gasteiger partial charge in [0.15, 0.2) is 0 Å². The van der Waals surface area contributed by atoms with Crippen LogP contribution in [0.3, 0.4) is 0 Å². The van der Waals surface area contributed by atoms with E-state index in [-0.39, 0.29) is 28.1 Å². The Bertz CT molecular complexity index is 828. The van der Waals surface area contributed by atoms with Crippen LogP contribution in [-0.2, 0) is 4.79 Å². The van der Waals surface area contributed by atoms with Crippen LogP contribution in [0.1, 0.15) is 31.1 Å². The number of nitrogens with one attached hydrogen (secondary N) is 1. The van der Waals surface area contributed by atoms with Crippen LogP contribution in [0, 0.1) is 11.2 Å². The number of nitrogens with zero attached hydrogens (tertiary/aromatic N) is 1. The van der Waals surface area contributed by atoms with Gasteiger partial charge in [0.05, 0.1) is 19.0 Å². The van der Waals surface area contributed by atoms with Gasteiger partial charge < -0.3 is 15.2 Å². The number of ether oxygens (including phenoxy) is 1. The molecule has 0 saturated heterocycles. The molecule has 0 spiro atoms. The van der Waals surface area contributed by atoms with E-state index in [4.69, 9.17) is 4.74 Å². The van der Waals surface area contributed by atoms with E-state index in [0.717, 1.165) is 6.20 Å². The Morgan fingerprint density at radius 1 is 1.20 bits per heavy atom. The van der Waals surface area contributed by atoms with E-state index >= 15 is 0 Å². The molecule has 0 saturated carbocycles. The van der Waals surface area contributed by atoms with Crippen molar-refractivity contribution in [1.82, 2.24) is 4.98 Å². The standard InChI is InChI=1S/C18H19FN2O4/c1-18(2,3)17(24)21-15-11(10-7-8-20-9-12(10)19)5-6-13(25-4)14(15)16(22)23/h5-9H,1-4H3,(H,21,24)(H,22,23). The molecule has 0 aliphatic heterocycles. The Morgan fingerprint density at radius 2 is 1.88 bits per heavy atom. The summed E-state index contributed by atoms with van der Waals surface area (Å²) in [7, 11) is 1.32. The Kier molecular flexibility index (Phi) is 5.06. The number of pyridine rings is 1. The summed E-state index contributed by atoms with van der Waals surface area (Å²) in [5.74, 6) is -2.26. The minimum atomic E-state index is -1.29. The lowest BCUT2D eigenvalue weighted by molar-refractivity contribution is -0.123. The summed E-state index contributed by atoms with van der Waals surface area (Å²) >= 11 is 0. The molecule has 2 rings (SSSR count). The molecule has 0 unspecified atom stereocenters. The van der Waals surface area contributed by atoms with Gasteiger partial charge in [-0.1, -0.05) is 20.8 Å². The van der Waals surface area contributed by atoms with Crippen molar-refractivity contribution >= 4 is 17.6 Å². The average molecular weight is 346 g/mol. The fraction of sp³-hybridized carbons (Fsp3) is 0.278. The van der Waals surface area contributed by atoms with Gasteiger partial charge in [-0.05, 0) is 18.2 Å². The lowest BCUT2D eigenvalue weighted by Crippen LogP contribution is -2.29. The van der Waals surface area contributed by atoms with Crippen molar-refractivity contribution in [2.75, 3.05) is 12.4 Å². The zero-order chi connectivity index (χ0) is 18.8. The summed E-state index contributed by atoms with van der Waals surface area (Å²) in [5, 5.41) is 12.2. The molecular formula is C18H19FN2O4. The number of benzene rings is 1. The number of carbonyl (C=O) groups is 2. The van der Waals surface area contributed by atoms with Gasteiger partial charge in [-0.3, -0.25) is 9.78 Å². The highest BCUT2D eigenvalue weighted by Gasteiger charge is 2.28. The van der Waals surface area contributed by atoms with E-state index < -0.39 is 23.1 Å². The molecule has 2 aromatic rings. The molecular weight excluding hydrogens is 327 g/mol. The fourth-order valence-electron chi connectivity index (χ4n) is 2.21. The van der Waals surface area contributed by atoms with E-state index in [1.165, 1.54) is 31.5 Å². The summed E-state index contributed by atoms with van der Waals surface area (Å²) in [6.45, 7) is 5.07. The van der Waals surface area contributed by atoms with Crippen molar-refractivity contribution < 1.29 is 23.8 Å². The maximum Gasteiger partial charge on any atom is 0.341 e. The summed E-state index contributed by atoms with van der Waals surface area (Å²) < 4.78 is 19.3. The smallest absolute Gasteiger partial charge is 0.341 e. The number of methoxy groups -OCH3 is 1. The first-order valence-electron chi connectivity index (χ1n) is 7.52. The second-order valence-corrected chi connectivity index (χ2v) is 6.43. The maximum absolute atomic E-state index is 14.2. The Labute approximate surface area is 144 Å². The Morgan fingerprint density at radius 3 is 2.40 bits per heavy atom. The third kappa shape index (κ3) is 3.76. The molecule has 0 aliphatic rings. The highest BCUT2D eigenvalue weighted by atomic mass is 19.1. The Hall–Kier alpha value is -2.96. The summed E-state index contributed by atoms with van der Waals surface area (Å²) in [6, 6.07) is 4.34. The molecule has 0 radical (unpaired) electrons. The number of aromatic nitrogens is 1. The van der Waals surface area contributed by atoms with E-state index in [0.29, 0.717) is 0 Å². The number of hydrogen-bond acceptors (Lipinski definition) is 4. The number of carbonyl (C=O) groups excluding carboxylic acids is 1. The van der Waals surface area contributed by atoms with Crippen molar-refractivity contribution in [3.05, 3.63) is 42.0 Å². The van der Waals surface area contributed by atoms with Crippen molar-refractivity contribution in [3.8, 4) is 16.9 Å². The number of halogens is 1. The first-order chi connectivity index (χ1) is 11.7. The van der Waals surface area contributed by atoms with Crippen LogP contribution in [0.15, 0.2) is 30.6 Å². The Balaban J connectivity index is 2.76. The van der Waals surface area contributed by atoms with Crippen molar-refractivity contribution in [1.29, 1.82) is 0 Å². The van der Waals surface area contributed by atoms with Crippen molar-refractivity contribution in [2.45, 2.75) is 20.8 Å². The molecule has 132 valence electrons. The van der Waals surface area contributed by atoms with Crippen LogP contribution >= 0.6 is 0 Å². The number of carboxylic acid groups (broad SMARTS) is 1. The summed E-state index contributed by atoms with van der Waals surface area (Å²) in [6.07, 6.45) is 2.41. The molecule has 1 heterocycles. The zero-order valence-electron chi connectivity index (χ0n) is 14.4. The molecule has 25 heavy (non-hydrogen) atoms. The molecule has 0 atom stereocenters. The van der Waals surface area contributed by atoms with Crippen LogP contribution in [0.4, 0.5) is 10.1 Å². The lowest BCUT2D eigenvalue weighted by atomic mass is 9.94. The number of anilines is 1. The minimum absolute atomic E-state index is 0.0168. The molecule has 1 aromatic carbocycles. The molecule has 1 aromatic heterocycles. The molecule has 0 bridgehead atoms. The first kappa shape index (κ1) is 18.4. The molecule has 6 nitrogen and oxygen atoms in total. The molecule has 0 aliphatic carbocycles. The third-order valence-corrected chi connectivity index (χ3v) is 3.58. The van der Waals surface area contributed by atoms with Crippen LogP contribution in [0.25, 0.3) is 11.1 Å². The number of amides is 1. The summed E-state index contributed by atoms with van der Waals surface area (Å²) in [4.78, 5) is 27.9. The fourth-order valence-corrected chi connectivity index (χ4v) is 2.21. The monoisotopic (exact) mass is 346 g/mol. The highest BCUT2D eigenvalue weighted by Crippen LogP contribution is 2.38. The van der Waals surface area contributed by atoms with Crippen molar-refractivity contribution in [2.24, 2.45) is 5.41 Å². The SMILES string of the molecule is COc1ccc(-c2ccncc2F)c(NC(=O)C(C)(C)C)c1C(=O)O. The van der Waals surface area contributed by atoms with Crippen molar-refractivity contribution in [3.63, 3.8) is 0 Å². The highest BCUT2D eigenvalue weighted by molar-refractivity contribution is 6.08. The largest absolute Gasteiger partial charge is 0.496 e. The van der Waals surface area contributed by atoms with Gasteiger partial charge in [-0.25, -0.2) is 9.18 Å². The van der Waals surface area contributed by atoms with Gasteiger partial charge in [0, 0.05) is 22.7 Å². The summed E-state index contributed by atoms with van der Waals surface area (Å²) in [5.41, 5.74) is -0.668. The predicted octanol–water partition coefficient (Wildman–Crippen LogP) is 3.58. The normalized spacial score (nSPS) is 11.1. The minimum Gasteiger partial charge on any atom is -0.496 e. The first-order valence-corrected chi connectivity index (χ1v) is 7.52. The second-order valence-electron chi connectivity index (χ2n) is 6.43. The van der Waals surface area contributed by atoms with Gasteiger partial charge in [0.1, 0.15) is 17.1 Å². The van der Waals surface area contributed by atoms with Gasteiger partial charge >= 0.3 is 5.97 Å². The van der Waals surface area contributed by atoms with Crippen LogP contribution in [0.2, 0.25) is 0 Å². The molecule has 1 amide bonds. The average Bonchev–Trinajstić information content (AvgIpc) is 2.53. The van der Waals surface area contributed by atoms with Gasteiger partial charge in [-0.2, -0.15) is 0 Å². The third-order valence-electron chi connectivity index (χ3n) is 3.58. The number of aromatic carboxylic acids is 1.